The minimum absolute atomic E-state index is 0.794. The van der Waals surface area contributed by atoms with Gasteiger partial charge in [-0.3, -0.25) is 4.98 Å². The average molecular weight is 277 g/mol. The van der Waals surface area contributed by atoms with E-state index in [1.807, 2.05) is 30.5 Å². The average Bonchev–Trinajstić information content (AvgIpc) is 2.52. The molecule has 0 unspecified atom stereocenters. The highest BCUT2D eigenvalue weighted by Gasteiger charge is 2.08. The summed E-state index contributed by atoms with van der Waals surface area (Å²) in [6.07, 6.45) is 1.85. The predicted molar refractivity (Wildman–Crippen MR) is 89.3 cm³/mol. The molecule has 3 rings (SSSR count). The number of rotatable bonds is 4. The van der Waals surface area contributed by atoms with Gasteiger partial charge in [0, 0.05) is 36.0 Å². The van der Waals surface area contributed by atoms with Gasteiger partial charge in [0.25, 0.3) is 0 Å². The molecular formula is C18H19N3. The highest BCUT2D eigenvalue weighted by Crippen LogP contribution is 2.23. The van der Waals surface area contributed by atoms with E-state index < -0.39 is 0 Å². The van der Waals surface area contributed by atoms with Crippen molar-refractivity contribution < 1.29 is 0 Å². The van der Waals surface area contributed by atoms with Crippen LogP contribution in [0.5, 0.6) is 0 Å². The van der Waals surface area contributed by atoms with Gasteiger partial charge < -0.3 is 10.6 Å². The Kier molecular flexibility index (Phi) is 3.73. The molecule has 1 heterocycles. The van der Waals surface area contributed by atoms with Crippen LogP contribution in [0.15, 0.2) is 60.8 Å². The molecule has 0 atom stereocenters. The Bertz CT molecular complexity index is 747. The number of aromatic nitrogens is 1. The molecule has 21 heavy (non-hydrogen) atoms. The van der Waals surface area contributed by atoms with Crippen molar-refractivity contribution in [3.63, 3.8) is 0 Å². The minimum Gasteiger partial charge on any atom is -0.399 e. The lowest BCUT2D eigenvalue weighted by molar-refractivity contribution is 0.835. The van der Waals surface area contributed by atoms with Gasteiger partial charge in [-0.25, -0.2) is 0 Å². The monoisotopic (exact) mass is 277 g/mol. The Morgan fingerprint density at radius 3 is 2.67 bits per heavy atom. The lowest BCUT2D eigenvalue weighted by Gasteiger charge is -2.24. The van der Waals surface area contributed by atoms with E-state index in [2.05, 4.69) is 47.1 Å². The summed E-state index contributed by atoms with van der Waals surface area (Å²) in [4.78, 5) is 6.83. The largest absolute Gasteiger partial charge is 0.399 e. The number of pyridine rings is 1. The van der Waals surface area contributed by atoms with E-state index in [-0.39, 0.29) is 0 Å². The van der Waals surface area contributed by atoms with Crippen molar-refractivity contribution in [1.82, 2.24) is 4.98 Å². The van der Waals surface area contributed by atoms with E-state index >= 15 is 0 Å². The van der Waals surface area contributed by atoms with Crippen molar-refractivity contribution in [3.8, 4) is 0 Å². The summed E-state index contributed by atoms with van der Waals surface area (Å²) in [5, 5.41) is 1.18. The van der Waals surface area contributed by atoms with Crippen LogP contribution in [0.4, 0.5) is 11.4 Å². The molecule has 0 saturated carbocycles. The summed E-state index contributed by atoms with van der Waals surface area (Å²) in [5.41, 5.74) is 10.1. The van der Waals surface area contributed by atoms with Crippen molar-refractivity contribution in [2.75, 3.05) is 17.2 Å². The summed E-state index contributed by atoms with van der Waals surface area (Å²) in [5.74, 6) is 0. The maximum Gasteiger partial charge on any atom is 0.0751 e. The SMILES string of the molecule is CCN(Cc1cccc2cccnc12)c1cccc(N)c1. The number of nitrogens with two attached hydrogens (primary N) is 1. The van der Waals surface area contributed by atoms with E-state index in [9.17, 15) is 0 Å². The maximum atomic E-state index is 5.90. The van der Waals surface area contributed by atoms with Crippen LogP contribution in [0.25, 0.3) is 10.9 Å². The molecule has 2 N–H and O–H groups in total. The third kappa shape index (κ3) is 2.82. The summed E-state index contributed by atoms with van der Waals surface area (Å²) in [6, 6.07) is 18.4. The van der Waals surface area contributed by atoms with E-state index in [4.69, 9.17) is 5.73 Å². The van der Waals surface area contributed by atoms with Crippen molar-refractivity contribution in [2.45, 2.75) is 13.5 Å². The number of para-hydroxylation sites is 1. The first-order valence-corrected chi connectivity index (χ1v) is 7.21. The maximum absolute atomic E-state index is 5.90. The molecule has 0 aliphatic carbocycles. The first kappa shape index (κ1) is 13.4. The van der Waals surface area contributed by atoms with Gasteiger partial charge in [0.1, 0.15) is 0 Å². The zero-order chi connectivity index (χ0) is 14.7. The molecule has 2 aromatic carbocycles. The van der Waals surface area contributed by atoms with Crippen molar-refractivity contribution in [2.24, 2.45) is 0 Å². The molecule has 0 bridgehead atoms. The van der Waals surface area contributed by atoms with Crippen LogP contribution in [0.3, 0.4) is 0 Å². The van der Waals surface area contributed by atoms with Crippen LogP contribution in [-0.4, -0.2) is 11.5 Å². The molecule has 3 heteroatoms. The fraction of sp³-hybridized carbons (Fsp3) is 0.167. The first-order valence-electron chi connectivity index (χ1n) is 7.21. The van der Waals surface area contributed by atoms with Crippen molar-refractivity contribution in [3.05, 3.63) is 66.4 Å². The van der Waals surface area contributed by atoms with Gasteiger partial charge in [-0.1, -0.05) is 30.3 Å². The standard InChI is InChI=1S/C18H19N3/c1-2-21(17-10-4-9-16(19)12-17)13-15-7-3-6-14-8-5-11-20-18(14)15/h3-12H,2,13,19H2,1H3. The second kappa shape index (κ2) is 5.83. The molecule has 0 fully saturated rings. The molecule has 0 aliphatic heterocycles. The van der Waals surface area contributed by atoms with E-state index in [0.717, 1.165) is 30.0 Å². The third-order valence-electron chi connectivity index (χ3n) is 3.69. The van der Waals surface area contributed by atoms with E-state index in [0.29, 0.717) is 0 Å². The number of nitrogen functional groups attached to an aromatic ring is 1. The topological polar surface area (TPSA) is 42.2 Å². The normalized spacial score (nSPS) is 10.7. The van der Waals surface area contributed by atoms with Gasteiger partial charge >= 0.3 is 0 Å². The predicted octanol–water partition coefficient (Wildman–Crippen LogP) is 3.84. The molecule has 0 saturated heterocycles. The molecule has 0 spiro atoms. The number of benzene rings is 2. The number of hydrogen-bond donors (Lipinski definition) is 1. The van der Waals surface area contributed by atoms with Crippen LogP contribution in [0.2, 0.25) is 0 Å². The lowest BCUT2D eigenvalue weighted by Crippen LogP contribution is -2.22. The zero-order valence-electron chi connectivity index (χ0n) is 12.2. The molecule has 0 amide bonds. The van der Waals surface area contributed by atoms with Gasteiger partial charge in [-0.05, 0) is 36.8 Å². The van der Waals surface area contributed by atoms with Gasteiger partial charge in [0.05, 0.1) is 5.52 Å². The summed E-state index contributed by atoms with van der Waals surface area (Å²) < 4.78 is 0. The number of fused-ring (bicyclic) bond motifs is 1. The highest BCUT2D eigenvalue weighted by atomic mass is 15.1. The smallest absolute Gasteiger partial charge is 0.0751 e. The summed E-state index contributed by atoms with van der Waals surface area (Å²) >= 11 is 0. The molecule has 106 valence electrons. The summed E-state index contributed by atoms with van der Waals surface area (Å²) in [7, 11) is 0. The van der Waals surface area contributed by atoms with Crippen LogP contribution >= 0.6 is 0 Å². The van der Waals surface area contributed by atoms with E-state index in [1.165, 1.54) is 10.9 Å². The molecule has 0 radical (unpaired) electrons. The second-order valence-corrected chi connectivity index (χ2v) is 5.10. The quantitative estimate of drug-likeness (QED) is 0.737. The van der Waals surface area contributed by atoms with Gasteiger partial charge in [0.15, 0.2) is 0 Å². The molecule has 3 nitrogen and oxygen atoms in total. The summed E-state index contributed by atoms with van der Waals surface area (Å²) in [6.45, 7) is 3.91. The van der Waals surface area contributed by atoms with Crippen LogP contribution in [0.1, 0.15) is 12.5 Å². The van der Waals surface area contributed by atoms with Gasteiger partial charge in [0.2, 0.25) is 0 Å². The minimum atomic E-state index is 0.794. The van der Waals surface area contributed by atoms with Crippen LogP contribution < -0.4 is 10.6 Å². The zero-order valence-corrected chi connectivity index (χ0v) is 12.2. The van der Waals surface area contributed by atoms with Crippen LogP contribution in [0, 0.1) is 0 Å². The highest BCUT2D eigenvalue weighted by molar-refractivity contribution is 5.81. The van der Waals surface area contributed by atoms with Crippen LogP contribution in [-0.2, 0) is 6.54 Å². The van der Waals surface area contributed by atoms with Gasteiger partial charge in [-0.2, -0.15) is 0 Å². The lowest BCUT2D eigenvalue weighted by atomic mass is 10.1. The Labute approximate surface area is 125 Å². The first-order chi connectivity index (χ1) is 10.3. The number of nitrogens with zero attached hydrogens (tertiary/aromatic N) is 2. The molecule has 3 aromatic rings. The van der Waals surface area contributed by atoms with Crippen molar-refractivity contribution >= 4 is 22.3 Å². The molecular weight excluding hydrogens is 258 g/mol. The van der Waals surface area contributed by atoms with Gasteiger partial charge in [-0.15, -0.1) is 0 Å². The third-order valence-corrected chi connectivity index (χ3v) is 3.69. The fourth-order valence-electron chi connectivity index (χ4n) is 2.61. The molecule has 1 aromatic heterocycles. The second-order valence-electron chi connectivity index (χ2n) is 5.10. The Hall–Kier alpha value is -2.55. The Morgan fingerprint density at radius 1 is 1.05 bits per heavy atom. The van der Waals surface area contributed by atoms with E-state index in [1.54, 1.807) is 0 Å². The number of anilines is 2. The fourth-order valence-corrected chi connectivity index (χ4v) is 2.61. The number of hydrogen-bond acceptors (Lipinski definition) is 3. The Morgan fingerprint density at radius 2 is 1.86 bits per heavy atom. The Balaban J connectivity index is 1.96. The van der Waals surface area contributed by atoms with Crippen molar-refractivity contribution in [1.29, 1.82) is 0 Å². The molecule has 0 aliphatic rings.